The van der Waals surface area contributed by atoms with Gasteiger partial charge in [-0.3, -0.25) is 9.59 Å². The minimum absolute atomic E-state index is 0.0889. The van der Waals surface area contributed by atoms with Crippen molar-refractivity contribution in [2.75, 3.05) is 13.2 Å². The van der Waals surface area contributed by atoms with Crippen LogP contribution in [0.5, 0.6) is 0 Å². The van der Waals surface area contributed by atoms with Gasteiger partial charge in [0.25, 0.3) is 0 Å². The maximum absolute atomic E-state index is 12.3. The first-order chi connectivity index (χ1) is 12.1. The predicted molar refractivity (Wildman–Crippen MR) is 90.2 cm³/mol. The lowest BCUT2D eigenvalue weighted by atomic mass is 10.1. The molecule has 8 heteroatoms. The number of aliphatic carboxylic acids is 1. The van der Waals surface area contributed by atoms with Crippen molar-refractivity contribution < 1.29 is 24.2 Å². The second kappa shape index (κ2) is 9.41. The molecule has 8 nitrogen and oxygen atoms in total. The number of carboxylic acids is 1. The van der Waals surface area contributed by atoms with Gasteiger partial charge >= 0.3 is 5.97 Å². The van der Waals surface area contributed by atoms with Gasteiger partial charge in [0, 0.05) is 12.1 Å². The van der Waals surface area contributed by atoms with E-state index < -0.39 is 24.0 Å². The molecule has 1 heterocycles. The van der Waals surface area contributed by atoms with Crippen molar-refractivity contribution in [1.29, 1.82) is 0 Å². The molecule has 2 amide bonds. The number of rotatable bonds is 10. The summed E-state index contributed by atoms with van der Waals surface area (Å²) < 4.78 is 5.44. The Morgan fingerprint density at radius 3 is 2.76 bits per heavy atom. The first-order valence-corrected chi connectivity index (χ1v) is 8.08. The van der Waals surface area contributed by atoms with Gasteiger partial charge in [0.15, 0.2) is 6.04 Å². The van der Waals surface area contributed by atoms with Crippen LogP contribution in [-0.2, 0) is 19.1 Å². The molecule has 2 atom stereocenters. The van der Waals surface area contributed by atoms with Crippen LogP contribution in [0.1, 0.15) is 24.8 Å². The highest BCUT2D eigenvalue weighted by Crippen LogP contribution is 2.12. The Morgan fingerprint density at radius 1 is 1.32 bits per heavy atom. The van der Waals surface area contributed by atoms with Crippen LogP contribution in [0.2, 0.25) is 0 Å². The monoisotopic (exact) mass is 347 g/mol. The van der Waals surface area contributed by atoms with Crippen LogP contribution < -0.4 is 10.6 Å². The fourth-order valence-electron chi connectivity index (χ4n) is 2.41. The van der Waals surface area contributed by atoms with Crippen LogP contribution >= 0.6 is 0 Å². The summed E-state index contributed by atoms with van der Waals surface area (Å²) in [6.45, 7) is 0.566. The van der Waals surface area contributed by atoms with Crippen LogP contribution in [0, 0.1) is 0 Å². The number of benzene rings is 1. The van der Waals surface area contributed by atoms with Crippen LogP contribution in [0.15, 0.2) is 35.3 Å². The molecule has 0 unspecified atom stereocenters. The maximum atomic E-state index is 12.3. The molecule has 0 saturated carbocycles. The lowest BCUT2D eigenvalue weighted by Crippen LogP contribution is -2.45. The van der Waals surface area contributed by atoms with Gasteiger partial charge in [-0.05, 0) is 31.4 Å². The molecule has 1 aromatic rings. The lowest BCUT2D eigenvalue weighted by Gasteiger charge is -2.15. The number of aliphatic imine (C=N–C) groups is 1. The molecular weight excluding hydrogens is 326 g/mol. The molecule has 1 aliphatic heterocycles. The Labute approximate surface area is 145 Å². The second-order valence-electron chi connectivity index (χ2n) is 5.59. The van der Waals surface area contributed by atoms with Gasteiger partial charge in [0.05, 0.1) is 0 Å². The van der Waals surface area contributed by atoms with E-state index in [1.54, 1.807) is 0 Å². The minimum Gasteiger partial charge on any atom is -0.480 e. The Balaban J connectivity index is 1.87. The zero-order valence-corrected chi connectivity index (χ0v) is 13.7. The molecule has 0 fully saturated rings. The van der Waals surface area contributed by atoms with Crippen molar-refractivity contribution in [3.8, 4) is 0 Å². The van der Waals surface area contributed by atoms with Crippen molar-refractivity contribution in [3.05, 3.63) is 35.9 Å². The molecule has 1 aromatic carbocycles. The Bertz CT molecular complexity index is 632. The van der Waals surface area contributed by atoms with Gasteiger partial charge < -0.3 is 20.5 Å². The van der Waals surface area contributed by atoms with E-state index >= 15 is 0 Å². The maximum Gasteiger partial charge on any atom is 0.326 e. The average molecular weight is 347 g/mol. The Kier molecular flexibility index (Phi) is 6.94. The van der Waals surface area contributed by atoms with Gasteiger partial charge in [0.1, 0.15) is 12.6 Å². The topological polar surface area (TPSA) is 117 Å². The van der Waals surface area contributed by atoms with E-state index in [4.69, 9.17) is 4.74 Å². The number of carbonyl (C=O) groups is 3. The molecule has 134 valence electrons. The van der Waals surface area contributed by atoms with Crippen LogP contribution in [0.3, 0.4) is 0 Å². The highest BCUT2D eigenvalue weighted by atomic mass is 16.5. The standard InChI is InChI=1S/C17H21N3O5/c21-11-18-9-5-4-8-13(17(23)24)19-15(22)14-10-25-16(20-14)12-6-2-1-3-7-12/h1-3,6-7,11,13-14H,4-5,8-10H2,(H,18,21)(H,19,22)(H,23,24)/t13-,14+/m1/s1. The molecule has 1 aliphatic rings. The number of hydrogen-bond donors (Lipinski definition) is 3. The number of carbonyl (C=O) groups excluding carboxylic acids is 2. The van der Waals surface area contributed by atoms with E-state index in [-0.39, 0.29) is 13.0 Å². The van der Waals surface area contributed by atoms with E-state index in [1.165, 1.54) is 0 Å². The molecular formula is C17H21N3O5. The Morgan fingerprint density at radius 2 is 2.08 bits per heavy atom. The number of carboxylic acid groups (broad SMARTS) is 1. The number of amides is 2. The summed E-state index contributed by atoms with van der Waals surface area (Å²) in [5.41, 5.74) is 0.773. The van der Waals surface area contributed by atoms with Gasteiger partial charge in [0.2, 0.25) is 18.2 Å². The SMILES string of the molecule is O=CNCCCC[C@@H](NC(=O)[C@@H]1COC(c2ccccc2)=N1)C(=O)O. The highest BCUT2D eigenvalue weighted by molar-refractivity contribution is 5.98. The summed E-state index contributed by atoms with van der Waals surface area (Å²) in [5.74, 6) is -1.18. The van der Waals surface area contributed by atoms with Crippen LogP contribution in [0.4, 0.5) is 0 Å². The quantitative estimate of drug-likeness (QED) is 0.416. The molecule has 0 spiro atoms. The fourth-order valence-corrected chi connectivity index (χ4v) is 2.41. The van der Waals surface area contributed by atoms with E-state index in [2.05, 4.69) is 15.6 Å². The molecule has 0 aliphatic carbocycles. The zero-order valence-electron chi connectivity index (χ0n) is 13.7. The van der Waals surface area contributed by atoms with E-state index in [9.17, 15) is 19.5 Å². The van der Waals surface area contributed by atoms with Gasteiger partial charge in [-0.2, -0.15) is 0 Å². The van der Waals surface area contributed by atoms with Crippen molar-refractivity contribution >= 4 is 24.2 Å². The molecule has 0 bridgehead atoms. The van der Waals surface area contributed by atoms with Crippen molar-refractivity contribution in [1.82, 2.24) is 10.6 Å². The summed E-state index contributed by atoms with van der Waals surface area (Å²) in [6.07, 6.45) is 2.09. The number of nitrogens with one attached hydrogen (secondary N) is 2. The van der Waals surface area contributed by atoms with Crippen LogP contribution in [-0.4, -0.2) is 54.5 Å². The molecule has 0 saturated heterocycles. The predicted octanol–water partition coefficient (Wildman–Crippen LogP) is 0.318. The summed E-state index contributed by atoms with van der Waals surface area (Å²) in [7, 11) is 0. The second-order valence-corrected chi connectivity index (χ2v) is 5.59. The highest BCUT2D eigenvalue weighted by Gasteiger charge is 2.29. The fraction of sp³-hybridized carbons (Fsp3) is 0.412. The smallest absolute Gasteiger partial charge is 0.326 e. The largest absolute Gasteiger partial charge is 0.480 e. The van der Waals surface area contributed by atoms with Gasteiger partial charge in [-0.15, -0.1) is 0 Å². The van der Waals surface area contributed by atoms with Crippen molar-refractivity contribution in [2.45, 2.75) is 31.3 Å². The van der Waals surface area contributed by atoms with Crippen molar-refractivity contribution in [3.63, 3.8) is 0 Å². The first kappa shape index (κ1) is 18.4. The number of unbranched alkanes of at least 4 members (excludes halogenated alkanes) is 1. The third kappa shape index (κ3) is 5.59. The summed E-state index contributed by atoms with van der Waals surface area (Å²) >= 11 is 0. The average Bonchev–Trinajstić information content (AvgIpc) is 3.11. The molecule has 3 N–H and O–H groups in total. The summed E-state index contributed by atoms with van der Waals surface area (Å²) in [5, 5.41) is 14.3. The van der Waals surface area contributed by atoms with E-state index in [0.717, 1.165) is 5.56 Å². The first-order valence-electron chi connectivity index (χ1n) is 8.08. The third-order valence-corrected chi connectivity index (χ3v) is 3.74. The summed E-state index contributed by atoms with van der Waals surface area (Å²) in [6, 6.07) is 7.46. The molecule has 0 radical (unpaired) electrons. The molecule has 0 aromatic heterocycles. The third-order valence-electron chi connectivity index (χ3n) is 3.74. The van der Waals surface area contributed by atoms with Crippen molar-refractivity contribution in [2.24, 2.45) is 4.99 Å². The Hall–Kier alpha value is -2.90. The minimum atomic E-state index is -1.09. The molecule has 2 rings (SSSR count). The van der Waals surface area contributed by atoms with E-state index in [0.29, 0.717) is 31.7 Å². The normalized spacial score (nSPS) is 17.1. The summed E-state index contributed by atoms with van der Waals surface area (Å²) in [4.78, 5) is 37.9. The lowest BCUT2D eigenvalue weighted by molar-refractivity contribution is -0.142. The van der Waals surface area contributed by atoms with Gasteiger partial charge in [-0.1, -0.05) is 18.2 Å². The number of ether oxygens (including phenoxy) is 1. The van der Waals surface area contributed by atoms with Gasteiger partial charge in [-0.25, -0.2) is 9.79 Å². The number of hydrogen-bond acceptors (Lipinski definition) is 5. The number of nitrogens with zero attached hydrogens (tertiary/aromatic N) is 1. The van der Waals surface area contributed by atoms with Crippen LogP contribution in [0.25, 0.3) is 0 Å². The molecule has 25 heavy (non-hydrogen) atoms. The zero-order chi connectivity index (χ0) is 18.1. The van der Waals surface area contributed by atoms with E-state index in [1.807, 2.05) is 30.3 Å².